The minimum absolute atomic E-state index is 0.0282. The van der Waals surface area contributed by atoms with Crippen LogP contribution in [0.4, 0.5) is 18.9 Å². The lowest BCUT2D eigenvalue weighted by molar-refractivity contribution is -0.137. The Labute approximate surface area is 187 Å². The third kappa shape index (κ3) is 3.92. The van der Waals surface area contributed by atoms with E-state index in [0.29, 0.717) is 4.90 Å². The van der Waals surface area contributed by atoms with Gasteiger partial charge in [-0.3, -0.25) is 19.3 Å². The normalized spacial score (nSPS) is 13.5. The summed E-state index contributed by atoms with van der Waals surface area (Å²) in [5.41, 5.74) is -1.20. The number of halogens is 5. The number of alkyl halides is 3. The monoisotopic (exact) mass is 483 g/mol. The Hall–Kier alpha value is -3.44. The van der Waals surface area contributed by atoms with Crippen LogP contribution in [0.5, 0.6) is 0 Å². The highest BCUT2D eigenvalue weighted by atomic mass is 35.5. The van der Waals surface area contributed by atoms with Crippen molar-refractivity contribution in [1.82, 2.24) is 19.7 Å². The molecule has 0 radical (unpaired) electrons. The zero-order chi connectivity index (χ0) is 23.2. The highest BCUT2D eigenvalue weighted by molar-refractivity contribution is 6.43. The van der Waals surface area contributed by atoms with Gasteiger partial charge in [-0.2, -0.15) is 18.3 Å². The molecule has 3 aromatic rings. The Balaban J connectivity index is 1.61. The van der Waals surface area contributed by atoms with Gasteiger partial charge >= 0.3 is 6.18 Å². The summed E-state index contributed by atoms with van der Waals surface area (Å²) in [6.07, 6.45) is -2.27. The van der Waals surface area contributed by atoms with E-state index in [1.165, 1.54) is 24.8 Å². The molecule has 0 aliphatic carbocycles. The van der Waals surface area contributed by atoms with Gasteiger partial charge in [0.15, 0.2) is 0 Å². The lowest BCUT2D eigenvalue weighted by atomic mass is 10.1. The number of hydrogen-bond donors (Lipinski definition) is 1. The molecular weight excluding hydrogens is 474 g/mol. The molecule has 2 aromatic carbocycles. The third-order valence-electron chi connectivity index (χ3n) is 4.58. The maximum absolute atomic E-state index is 13.2. The fourth-order valence-corrected chi connectivity index (χ4v) is 3.43. The molecule has 2 heterocycles. The van der Waals surface area contributed by atoms with Crippen LogP contribution in [-0.2, 0) is 11.0 Å². The van der Waals surface area contributed by atoms with Crippen molar-refractivity contribution in [2.45, 2.75) is 6.18 Å². The van der Waals surface area contributed by atoms with Gasteiger partial charge in [0, 0.05) is 0 Å². The van der Waals surface area contributed by atoms with Crippen molar-refractivity contribution in [3.05, 3.63) is 69.7 Å². The first-order valence-electron chi connectivity index (χ1n) is 8.77. The number of nitrogens with zero attached hydrogens (tertiary/aromatic N) is 4. The second-order valence-electron chi connectivity index (χ2n) is 6.63. The van der Waals surface area contributed by atoms with E-state index in [4.69, 9.17) is 23.2 Å². The summed E-state index contributed by atoms with van der Waals surface area (Å²) >= 11 is 11.8. The Bertz CT molecular complexity index is 1220. The largest absolute Gasteiger partial charge is 0.416 e. The third-order valence-corrected chi connectivity index (χ3v) is 5.30. The predicted molar refractivity (Wildman–Crippen MR) is 107 cm³/mol. The molecule has 0 unspecified atom stereocenters. The minimum atomic E-state index is -4.67. The molecule has 13 heteroatoms. The van der Waals surface area contributed by atoms with Gasteiger partial charge in [0.2, 0.25) is 5.91 Å². The standard InChI is InChI=1S/C19H10Cl2F3N5O3/c20-12-4-10-11(5-13(12)21)18(32)28(17(10)31)6-16(30)27-14-3-9(19(22,23)24)1-2-15(14)29-8-25-7-26-29/h1-5,7-8H,6H2,(H,27,30). The fourth-order valence-electron chi connectivity index (χ4n) is 3.11. The maximum Gasteiger partial charge on any atom is 0.416 e. The van der Waals surface area contributed by atoms with Gasteiger partial charge in [-0.25, -0.2) is 9.67 Å². The average Bonchev–Trinajstić information content (AvgIpc) is 3.32. The zero-order valence-corrected chi connectivity index (χ0v) is 17.2. The van der Waals surface area contributed by atoms with Crippen molar-refractivity contribution in [3.8, 4) is 5.69 Å². The molecule has 1 aliphatic rings. The molecule has 1 aliphatic heterocycles. The molecule has 0 atom stereocenters. The van der Waals surface area contributed by atoms with Crippen LogP contribution < -0.4 is 5.32 Å². The number of imide groups is 1. The van der Waals surface area contributed by atoms with E-state index in [1.54, 1.807) is 0 Å². The van der Waals surface area contributed by atoms with Crippen molar-refractivity contribution in [2.24, 2.45) is 0 Å². The van der Waals surface area contributed by atoms with Crippen LogP contribution in [0.25, 0.3) is 5.69 Å². The molecule has 1 N–H and O–H groups in total. The van der Waals surface area contributed by atoms with E-state index in [0.717, 1.165) is 22.9 Å². The number of carbonyl (C=O) groups excluding carboxylic acids is 3. The Morgan fingerprint density at radius 3 is 2.19 bits per heavy atom. The Kier molecular flexibility index (Phi) is 5.39. The van der Waals surface area contributed by atoms with Gasteiger partial charge in [0.1, 0.15) is 19.2 Å². The van der Waals surface area contributed by atoms with Gasteiger partial charge in [0.05, 0.1) is 38.1 Å². The van der Waals surface area contributed by atoms with E-state index in [9.17, 15) is 27.6 Å². The number of carbonyl (C=O) groups is 3. The topological polar surface area (TPSA) is 97.2 Å². The van der Waals surface area contributed by atoms with Crippen LogP contribution in [0, 0.1) is 0 Å². The second-order valence-corrected chi connectivity index (χ2v) is 7.44. The van der Waals surface area contributed by atoms with Crippen LogP contribution in [0.2, 0.25) is 10.0 Å². The maximum atomic E-state index is 13.2. The van der Waals surface area contributed by atoms with Gasteiger partial charge in [0.25, 0.3) is 11.8 Å². The lowest BCUT2D eigenvalue weighted by Gasteiger charge is -2.17. The number of aromatic nitrogens is 3. The lowest BCUT2D eigenvalue weighted by Crippen LogP contribution is -2.37. The predicted octanol–water partition coefficient (Wildman–Crippen LogP) is 3.83. The summed E-state index contributed by atoms with van der Waals surface area (Å²) in [5.74, 6) is -2.46. The van der Waals surface area contributed by atoms with Crippen molar-refractivity contribution in [1.29, 1.82) is 0 Å². The van der Waals surface area contributed by atoms with E-state index < -0.39 is 36.0 Å². The SMILES string of the molecule is O=C(CN1C(=O)c2cc(Cl)c(Cl)cc2C1=O)Nc1cc(C(F)(F)F)ccc1-n1cncn1. The Morgan fingerprint density at radius 2 is 1.66 bits per heavy atom. The van der Waals surface area contributed by atoms with E-state index in [-0.39, 0.29) is 32.5 Å². The number of nitrogens with one attached hydrogen (secondary N) is 1. The van der Waals surface area contributed by atoms with Crippen LogP contribution in [0.3, 0.4) is 0 Å². The van der Waals surface area contributed by atoms with Crippen LogP contribution in [0.1, 0.15) is 26.3 Å². The summed E-state index contributed by atoms with van der Waals surface area (Å²) in [7, 11) is 0. The summed E-state index contributed by atoms with van der Waals surface area (Å²) in [6, 6.07) is 5.08. The van der Waals surface area contributed by atoms with Gasteiger partial charge < -0.3 is 5.32 Å². The first kappa shape index (κ1) is 21.8. The number of amides is 3. The molecule has 0 spiro atoms. The smallest absolute Gasteiger partial charge is 0.323 e. The Morgan fingerprint density at radius 1 is 1.03 bits per heavy atom. The van der Waals surface area contributed by atoms with Crippen LogP contribution in [-0.4, -0.2) is 43.9 Å². The molecule has 1 aromatic heterocycles. The molecule has 164 valence electrons. The molecule has 3 amide bonds. The molecule has 0 bridgehead atoms. The summed E-state index contributed by atoms with van der Waals surface area (Å²) in [4.78, 5) is 42.1. The first-order chi connectivity index (χ1) is 15.1. The van der Waals surface area contributed by atoms with E-state index >= 15 is 0 Å². The van der Waals surface area contributed by atoms with Gasteiger partial charge in [-0.05, 0) is 30.3 Å². The number of fused-ring (bicyclic) bond motifs is 1. The van der Waals surface area contributed by atoms with Crippen molar-refractivity contribution in [3.63, 3.8) is 0 Å². The molecule has 4 rings (SSSR count). The number of anilines is 1. The number of benzene rings is 2. The number of rotatable bonds is 4. The van der Waals surface area contributed by atoms with Crippen LogP contribution >= 0.6 is 23.2 Å². The average molecular weight is 484 g/mol. The van der Waals surface area contributed by atoms with E-state index in [1.807, 2.05) is 0 Å². The highest BCUT2D eigenvalue weighted by Gasteiger charge is 2.38. The first-order valence-corrected chi connectivity index (χ1v) is 9.53. The van der Waals surface area contributed by atoms with Gasteiger partial charge in [-0.15, -0.1) is 0 Å². The molecule has 0 saturated heterocycles. The van der Waals surface area contributed by atoms with Crippen LogP contribution in [0.15, 0.2) is 43.0 Å². The molecule has 32 heavy (non-hydrogen) atoms. The summed E-state index contributed by atoms with van der Waals surface area (Å²) in [6.45, 7) is -0.741. The van der Waals surface area contributed by atoms with E-state index in [2.05, 4.69) is 15.4 Å². The van der Waals surface area contributed by atoms with Crippen molar-refractivity contribution >= 4 is 46.6 Å². The van der Waals surface area contributed by atoms with Crippen molar-refractivity contribution in [2.75, 3.05) is 11.9 Å². The summed E-state index contributed by atoms with van der Waals surface area (Å²) in [5, 5.41) is 6.26. The molecule has 0 saturated carbocycles. The minimum Gasteiger partial charge on any atom is -0.323 e. The molecule has 0 fully saturated rings. The van der Waals surface area contributed by atoms with Crippen molar-refractivity contribution < 1.29 is 27.6 Å². The highest BCUT2D eigenvalue weighted by Crippen LogP contribution is 2.34. The molecule has 8 nitrogen and oxygen atoms in total. The summed E-state index contributed by atoms with van der Waals surface area (Å²) < 4.78 is 40.6. The fraction of sp³-hybridized carbons (Fsp3) is 0.105. The molecular formula is C19H10Cl2F3N5O3. The second kappa shape index (κ2) is 7.92. The zero-order valence-electron chi connectivity index (χ0n) is 15.7. The van der Waals surface area contributed by atoms with Gasteiger partial charge in [-0.1, -0.05) is 23.2 Å². The quantitative estimate of drug-likeness (QED) is 0.568. The number of hydrogen-bond acceptors (Lipinski definition) is 5.